The maximum atomic E-state index is 12.4. The first kappa shape index (κ1) is 14.5. The minimum atomic E-state index is -0.343. The Kier molecular flexibility index (Phi) is 4.14. The predicted molar refractivity (Wildman–Crippen MR) is 84.8 cm³/mol. The van der Waals surface area contributed by atoms with E-state index >= 15 is 0 Å². The van der Waals surface area contributed by atoms with Gasteiger partial charge in [-0.25, -0.2) is 0 Å². The quantitative estimate of drug-likeness (QED) is 0.667. The summed E-state index contributed by atoms with van der Waals surface area (Å²) in [7, 11) is 1.59. The molecule has 0 aliphatic rings. The Bertz CT molecular complexity index is 803. The van der Waals surface area contributed by atoms with E-state index in [-0.39, 0.29) is 11.9 Å². The van der Waals surface area contributed by atoms with Crippen molar-refractivity contribution in [3.05, 3.63) is 54.1 Å². The number of benzene rings is 2. The van der Waals surface area contributed by atoms with Crippen molar-refractivity contribution >= 4 is 23.2 Å². The molecule has 8 heteroatoms. The first-order valence-corrected chi connectivity index (χ1v) is 6.82. The lowest BCUT2D eigenvalue weighted by molar-refractivity contribution is 0.102. The number of rotatable bonds is 5. The molecule has 8 nitrogen and oxygen atoms in total. The van der Waals surface area contributed by atoms with E-state index < -0.39 is 0 Å². The van der Waals surface area contributed by atoms with E-state index in [4.69, 9.17) is 4.74 Å². The minimum Gasteiger partial charge on any atom is -0.495 e. The molecule has 23 heavy (non-hydrogen) atoms. The molecule has 0 bridgehead atoms. The van der Waals surface area contributed by atoms with Gasteiger partial charge >= 0.3 is 0 Å². The molecule has 3 aromatic rings. The number of anilines is 3. The first-order chi connectivity index (χ1) is 11.3. The number of aromatic nitrogens is 4. The summed E-state index contributed by atoms with van der Waals surface area (Å²) >= 11 is 0. The maximum Gasteiger partial charge on any atom is 0.270 e. The Balaban J connectivity index is 1.87. The fourth-order valence-electron chi connectivity index (χ4n) is 2.07. The summed E-state index contributed by atoms with van der Waals surface area (Å²) in [5.41, 5.74) is 1.84. The third kappa shape index (κ3) is 3.26. The van der Waals surface area contributed by atoms with Crippen molar-refractivity contribution in [1.82, 2.24) is 20.6 Å². The molecule has 0 aliphatic heterocycles. The number of carbonyl (C=O) groups excluding carboxylic acids is 1. The number of para-hydroxylation sites is 3. The van der Waals surface area contributed by atoms with Crippen LogP contribution in [0.3, 0.4) is 0 Å². The van der Waals surface area contributed by atoms with E-state index in [0.717, 1.165) is 5.69 Å². The molecule has 1 amide bonds. The Morgan fingerprint density at radius 1 is 1.09 bits per heavy atom. The lowest BCUT2D eigenvalue weighted by atomic mass is 10.1. The highest BCUT2D eigenvalue weighted by molar-refractivity contribution is 6.07. The maximum absolute atomic E-state index is 12.4. The summed E-state index contributed by atoms with van der Waals surface area (Å²) in [5, 5.41) is 18.9. The van der Waals surface area contributed by atoms with Crippen LogP contribution in [-0.2, 0) is 0 Å². The summed E-state index contributed by atoms with van der Waals surface area (Å²) in [6.45, 7) is 0. The van der Waals surface area contributed by atoms with Crippen LogP contribution in [0.15, 0.2) is 48.5 Å². The van der Waals surface area contributed by atoms with Crippen LogP contribution in [0.5, 0.6) is 5.75 Å². The average Bonchev–Trinajstić information content (AvgIpc) is 3.09. The molecule has 0 fully saturated rings. The van der Waals surface area contributed by atoms with E-state index in [1.807, 2.05) is 30.3 Å². The van der Waals surface area contributed by atoms with Gasteiger partial charge in [-0.1, -0.05) is 29.4 Å². The zero-order valence-corrected chi connectivity index (χ0v) is 12.3. The molecule has 0 saturated carbocycles. The molecule has 1 heterocycles. The van der Waals surface area contributed by atoms with Crippen molar-refractivity contribution in [3.63, 3.8) is 0 Å². The van der Waals surface area contributed by atoms with Gasteiger partial charge in [-0.3, -0.25) is 10.1 Å². The van der Waals surface area contributed by atoms with Gasteiger partial charge in [-0.15, -0.1) is 5.10 Å². The SMILES string of the molecule is COc1ccccc1Nc1ccccc1C(=O)Nc1nn[nH]n1. The molecule has 0 radical (unpaired) electrons. The van der Waals surface area contributed by atoms with Crippen molar-refractivity contribution < 1.29 is 9.53 Å². The van der Waals surface area contributed by atoms with E-state index in [1.165, 1.54) is 0 Å². The zero-order valence-electron chi connectivity index (χ0n) is 12.3. The number of hydrogen-bond acceptors (Lipinski definition) is 6. The Morgan fingerprint density at radius 2 is 1.83 bits per heavy atom. The van der Waals surface area contributed by atoms with Gasteiger partial charge in [-0.2, -0.15) is 5.21 Å². The number of methoxy groups -OCH3 is 1. The molecule has 0 unspecified atom stereocenters. The van der Waals surface area contributed by atoms with Crippen molar-refractivity contribution in [3.8, 4) is 5.75 Å². The Labute approximate surface area is 131 Å². The molecule has 0 saturated heterocycles. The summed E-state index contributed by atoms with van der Waals surface area (Å²) in [6, 6.07) is 14.6. The second-order valence-corrected chi connectivity index (χ2v) is 4.56. The van der Waals surface area contributed by atoms with Gasteiger partial charge in [-0.05, 0) is 29.5 Å². The lowest BCUT2D eigenvalue weighted by Gasteiger charge is -2.13. The third-order valence-corrected chi connectivity index (χ3v) is 3.12. The molecular formula is C15H14N6O2. The number of tetrazole rings is 1. The highest BCUT2D eigenvalue weighted by Gasteiger charge is 2.14. The standard InChI is InChI=1S/C15H14N6O2/c1-23-13-9-5-4-8-12(13)16-11-7-3-2-6-10(11)14(22)17-15-18-20-21-19-15/h2-9,16H,1H3,(H2,17,18,19,20,21,22). The van der Waals surface area contributed by atoms with Crippen molar-refractivity contribution in [2.75, 3.05) is 17.7 Å². The van der Waals surface area contributed by atoms with Crippen LogP contribution in [-0.4, -0.2) is 33.6 Å². The van der Waals surface area contributed by atoms with Crippen LogP contribution in [0.1, 0.15) is 10.4 Å². The topological polar surface area (TPSA) is 105 Å². The van der Waals surface area contributed by atoms with Gasteiger partial charge in [0, 0.05) is 0 Å². The van der Waals surface area contributed by atoms with Crippen molar-refractivity contribution in [2.45, 2.75) is 0 Å². The molecule has 1 aromatic heterocycles. The molecular weight excluding hydrogens is 296 g/mol. The highest BCUT2D eigenvalue weighted by atomic mass is 16.5. The molecule has 116 valence electrons. The zero-order chi connectivity index (χ0) is 16.1. The Morgan fingerprint density at radius 3 is 2.57 bits per heavy atom. The fourth-order valence-corrected chi connectivity index (χ4v) is 2.07. The van der Waals surface area contributed by atoms with Crippen molar-refractivity contribution in [2.24, 2.45) is 0 Å². The molecule has 0 spiro atoms. The monoisotopic (exact) mass is 310 g/mol. The summed E-state index contributed by atoms with van der Waals surface area (Å²) in [5.74, 6) is 0.451. The number of H-pyrrole nitrogens is 1. The largest absolute Gasteiger partial charge is 0.495 e. The number of ether oxygens (including phenoxy) is 1. The van der Waals surface area contributed by atoms with Crippen LogP contribution in [0.25, 0.3) is 0 Å². The molecule has 2 aromatic carbocycles. The number of aromatic amines is 1. The van der Waals surface area contributed by atoms with Gasteiger partial charge in [0.1, 0.15) is 5.75 Å². The van der Waals surface area contributed by atoms with Crippen LogP contribution in [0.4, 0.5) is 17.3 Å². The predicted octanol–water partition coefficient (Wildman–Crippen LogP) is 2.20. The van der Waals surface area contributed by atoms with Gasteiger partial charge in [0.2, 0.25) is 0 Å². The number of nitrogens with one attached hydrogen (secondary N) is 3. The molecule has 3 rings (SSSR count). The van der Waals surface area contributed by atoms with Crippen LogP contribution in [0.2, 0.25) is 0 Å². The van der Waals surface area contributed by atoms with Crippen molar-refractivity contribution in [1.29, 1.82) is 0 Å². The van der Waals surface area contributed by atoms with E-state index in [0.29, 0.717) is 17.0 Å². The summed E-state index contributed by atoms with van der Waals surface area (Å²) < 4.78 is 5.31. The van der Waals surface area contributed by atoms with E-state index in [1.54, 1.807) is 25.3 Å². The number of nitrogens with zero attached hydrogens (tertiary/aromatic N) is 3. The number of amides is 1. The van der Waals surface area contributed by atoms with E-state index in [2.05, 4.69) is 31.3 Å². The van der Waals surface area contributed by atoms with E-state index in [9.17, 15) is 4.79 Å². The minimum absolute atomic E-state index is 0.113. The number of carbonyl (C=O) groups is 1. The molecule has 0 atom stereocenters. The fraction of sp³-hybridized carbons (Fsp3) is 0.0667. The lowest BCUT2D eigenvalue weighted by Crippen LogP contribution is -2.15. The Hall–Kier alpha value is -3.42. The second-order valence-electron chi connectivity index (χ2n) is 4.56. The molecule has 0 aliphatic carbocycles. The molecule has 3 N–H and O–H groups in total. The smallest absolute Gasteiger partial charge is 0.270 e. The number of hydrogen-bond donors (Lipinski definition) is 3. The highest BCUT2D eigenvalue weighted by Crippen LogP contribution is 2.28. The van der Waals surface area contributed by atoms with Gasteiger partial charge < -0.3 is 10.1 Å². The van der Waals surface area contributed by atoms with Gasteiger partial charge in [0.25, 0.3) is 11.9 Å². The third-order valence-electron chi connectivity index (χ3n) is 3.12. The summed E-state index contributed by atoms with van der Waals surface area (Å²) in [6.07, 6.45) is 0. The van der Waals surface area contributed by atoms with Gasteiger partial charge in [0.05, 0.1) is 24.0 Å². The van der Waals surface area contributed by atoms with Gasteiger partial charge in [0.15, 0.2) is 0 Å². The average molecular weight is 310 g/mol. The van der Waals surface area contributed by atoms with Crippen LogP contribution >= 0.6 is 0 Å². The first-order valence-electron chi connectivity index (χ1n) is 6.82. The van der Waals surface area contributed by atoms with Crippen LogP contribution < -0.4 is 15.4 Å². The van der Waals surface area contributed by atoms with Crippen LogP contribution in [0, 0.1) is 0 Å². The normalized spacial score (nSPS) is 10.1. The summed E-state index contributed by atoms with van der Waals surface area (Å²) in [4.78, 5) is 12.4. The second kappa shape index (κ2) is 6.56.